The van der Waals surface area contributed by atoms with Crippen molar-refractivity contribution in [2.45, 2.75) is 94.0 Å². The highest BCUT2D eigenvalue weighted by Gasteiger charge is 2.72. The van der Waals surface area contributed by atoms with Crippen molar-refractivity contribution in [2.75, 3.05) is 27.3 Å². The molecule has 6 atom stereocenters. The quantitative estimate of drug-likeness (QED) is 0.406. The maximum absolute atomic E-state index is 13.6. The van der Waals surface area contributed by atoms with E-state index in [-0.39, 0.29) is 19.1 Å². The van der Waals surface area contributed by atoms with Gasteiger partial charge in [0.1, 0.15) is 5.76 Å². The van der Waals surface area contributed by atoms with Crippen molar-refractivity contribution in [3.8, 4) is 11.5 Å². The average Bonchev–Trinajstić information content (AvgIpc) is 3.42. The molecule has 0 aromatic heterocycles. The van der Waals surface area contributed by atoms with Crippen LogP contribution in [-0.4, -0.2) is 85.0 Å². The second kappa shape index (κ2) is 9.19. The molecule has 3 aliphatic heterocycles. The van der Waals surface area contributed by atoms with Crippen LogP contribution < -0.4 is 9.47 Å². The highest BCUT2D eigenvalue weighted by Crippen LogP contribution is 2.65. The van der Waals surface area contributed by atoms with E-state index in [9.17, 15) is 14.7 Å². The van der Waals surface area contributed by atoms with E-state index in [2.05, 4.69) is 4.90 Å². The molecule has 0 amide bonds. The lowest BCUT2D eigenvalue weighted by Crippen LogP contribution is -2.74. The summed E-state index contributed by atoms with van der Waals surface area (Å²) in [6, 6.07) is 3.81. The minimum atomic E-state index is -1.31. The summed E-state index contributed by atoms with van der Waals surface area (Å²) in [6.07, 6.45) is 1.60. The maximum atomic E-state index is 13.6. The van der Waals surface area contributed by atoms with Crippen LogP contribution >= 0.6 is 0 Å². The summed E-state index contributed by atoms with van der Waals surface area (Å²) in [6.45, 7) is 6.25. The summed E-state index contributed by atoms with van der Waals surface area (Å²) in [4.78, 5) is 28.6. The number of hydrogen-bond acceptors (Lipinski definition) is 10. The average molecular weight is 544 g/mol. The molecule has 6 rings (SSSR count). The smallest absolute Gasteiger partial charge is 0.343 e. The van der Waals surface area contributed by atoms with Gasteiger partial charge in [-0.2, -0.15) is 0 Å². The molecule has 2 aliphatic carbocycles. The van der Waals surface area contributed by atoms with Gasteiger partial charge in [0.2, 0.25) is 0 Å². The molecule has 10 heteroatoms. The number of carbonyl (C=O) groups is 2. The van der Waals surface area contributed by atoms with Gasteiger partial charge in [0.25, 0.3) is 0 Å². The van der Waals surface area contributed by atoms with E-state index in [1.54, 1.807) is 27.0 Å². The first-order chi connectivity index (χ1) is 18.6. The van der Waals surface area contributed by atoms with Gasteiger partial charge < -0.3 is 38.4 Å². The van der Waals surface area contributed by atoms with Crippen molar-refractivity contribution in [3.05, 3.63) is 35.1 Å². The molecule has 0 radical (unpaired) electrons. The number of piperidine rings is 1. The van der Waals surface area contributed by atoms with Gasteiger partial charge in [-0.3, -0.25) is 0 Å². The number of hydrogen-bond donors (Lipinski definition) is 1. The fourth-order valence-electron chi connectivity index (χ4n) is 7.27. The van der Waals surface area contributed by atoms with E-state index in [4.69, 9.17) is 28.4 Å². The third-order valence-corrected chi connectivity index (χ3v) is 9.08. The number of esters is 2. The Bertz CT molecular complexity index is 1230. The standard InChI is InChI=1S/C29H37NO9/c1-6-7-14-35-25(31)22-23(39-27(2,3)38-22)26(32)36-18-10-11-29(33)19-15-16-8-9-17(34-5)21-20(16)28(29,24(18)37-21)12-13-30(19)4/h8-10,19,22-24,33H,6-7,11-15H2,1-5H3/t19-,22-,23-,24+,28+,29-/m1/s1. The largest absolute Gasteiger partial charge is 0.493 e. The molecule has 1 N–H and O–H groups in total. The van der Waals surface area contributed by atoms with Crippen LogP contribution in [0.2, 0.25) is 0 Å². The van der Waals surface area contributed by atoms with E-state index >= 15 is 0 Å². The second-order valence-corrected chi connectivity index (χ2v) is 11.7. The first-order valence-electron chi connectivity index (χ1n) is 13.8. The van der Waals surface area contributed by atoms with Gasteiger partial charge in [-0.15, -0.1) is 0 Å². The van der Waals surface area contributed by atoms with Gasteiger partial charge >= 0.3 is 11.9 Å². The Morgan fingerprint density at radius 3 is 2.64 bits per heavy atom. The minimum Gasteiger partial charge on any atom is -0.493 e. The van der Waals surface area contributed by atoms with Crippen molar-refractivity contribution < 1.29 is 43.1 Å². The molecule has 2 saturated heterocycles. The van der Waals surface area contributed by atoms with E-state index in [0.717, 1.165) is 24.1 Å². The predicted octanol–water partition coefficient (Wildman–Crippen LogP) is 2.38. The normalized spacial score (nSPS) is 35.5. The van der Waals surface area contributed by atoms with Crippen LogP contribution in [0.3, 0.4) is 0 Å². The third-order valence-electron chi connectivity index (χ3n) is 9.08. The summed E-state index contributed by atoms with van der Waals surface area (Å²) in [5, 5.41) is 12.3. The predicted molar refractivity (Wildman–Crippen MR) is 137 cm³/mol. The lowest BCUT2D eigenvalue weighted by atomic mass is 9.50. The Labute approximate surface area is 228 Å². The molecule has 0 saturated carbocycles. The Hall–Kier alpha value is -2.66. The Morgan fingerprint density at radius 1 is 1.18 bits per heavy atom. The zero-order chi connectivity index (χ0) is 27.7. The molecule has 39 heavy (non-hydrogen) atoms. The van der Waals surface area contributed by atoms with Crippen LogP contribution in [0.5, 0.6) is 11.5 Å². The summed E-state index contributed by atoms with van der Waals surface area (Å²) in [5.74, 6) is -1.14. The van der Waals surface area contributed by atoms with Gasteiger partial charge in [-0.05, 0) is 64.4 Å². The van der Waals surface area contributed by atoms with Crippen molar-refractivity contribution in [1.82, 2.24) is 4.90 Å². The van der Waals surface area contributed by atoms with E-state index in [0.29, 0.717) is 36.5 Å². The fraction of sp³-hybridized carbons (Fsp3) is 0.655. The molecule has 1 spiro atoms. The molecule has 10 nitrogen and oxygen atoms in total. The molecule has 1 aromatic rings. The molecule has 2 fully saturated rings. The van der Waals surface area contributed by atoms with Crippen molar-refractivity contribution >= 4 is 11.9 Å². The van der Waals surface area contributed by atoms with Crippen LogP contribution in [0.4, 0.5) is 0 Å². The number of ether oxygens (including phenoxy) is 6. The number of likely N-dealkylation sites (tertiary alicyclic amines) is 1. The molecule has 5 aliphatic rings. The number of nitrogens with zero attached hydrogens (tertiary/aromatic N) is 1. The molecular weight excluding hydrogens is 506 g/mol. The number of likely N-dealkylation sites (N-methyl/N-ethyl adjacent to an activating group) is 1. The maximum Gasteiger partial charge on any atom is 0.343 e. The monoisotopic (exact) mass is 543 g/mol. The van der Waals surface area contributed by atoms with Crippen LogP contribution in [-0.2, 0) is 40.4 Å². The molecule has 212 valence electrons. The highest BCUT2D eigenvalue weighted by molar-refractivity contribution is 5.87. The lowest BCUT2D eigenvalue weighted by Gasteiger charge is -2.61. The zero-order valence-electron chi connectivity index (χ0n) is 23.2. The van der Waals surface area contributed by atoms with Crippen LogP contribution in [0, 0.1) is 0 Å². The van der Waals surface area contributed by atoms with E-state index in [1.165, 1.54) is 0 Å². The van der Waals surface area contributed by atoms with Crippen molar-refractivity contribution in [3.63, 3.8) is 0 Å². The molecule has 2 bridgehead atoms. The zero-order valence-corrected chi connectivity index (χ0v) is 23.2. The third kappa shape index (κ3) is 3.75. The number of benzene rings is 1. The number of methoxy groups -OCH3 is 1. The Kier molecular flexibility index (Phi) is 6.26. The second-order valence-electron chi connectivity index (χ2n) is 11.7. The van der Waals surface area contributed by atoms with Crippen molar-refractivity contribution in [2.24, 2.45) is 0 Å². The van der Waals surface area contributed by atoms with Gasteiger partial charge in [0.15, 0.2) is 35.6 Å². The molecule has 1 aromatic carbocycles. The Morgan fingerprint density at radius 2 is 1.92 bits per heavy atom. The van der Waals surface area contributed by atoms with Crippen molar-refractivity contribution in [1.29, 1.82) is 0 Å². The SMILES string of the molecule is CCCCOC(=O)[C@@H]1OC(C)(C)O[C@H]1C(=O)OC1=CC[C@@]2(O)[C@H]3Cc4ccc(OC)c5c4[C@@]2(CCN3C)[C@H]1O5. The lowest BCUT2D eigenvalue weighted by molar-refractivity contribution is -0.178. The van der Waals surface area contributed by atoms with Gasteiger partial charge in [0, 0.05) is 18.0 Å². The minimum absolute atomic E-state index is 0.118. The molecule has 0 unspecified atom stereocenters. The van der Waals surface area contributed by atoms with E-state index in [1.807, 2.05) is 26.1 Å². The number of unbranched alkanes of at least 4 members (excludes halogenated alkanes) is 1. The Balaban J connectivity index is 1.33. The summed E-state index contributed by atoms with van der Waals surface area (Å²) >= 11 is 0. The van der Waals surface area contributed by atoms with Crippen LogP contribution in [0.25, 0.3) is 0 Å². The van der Waals surface area contributed by atoms with Gasteiger partial charge in [-0.1, -0.05) is 19.4 Å². The summed E-state index contributed by atoms with van der Waals surface area (Å²) < 4.78 is 35.1. The van der Waals surface area contributed by atoms with E-state index < -0.39 is 47.1 Å². The summed E-state index contributed by atoms with van der Waals surface area (Å²) in [5.41, 5.74) is 0.119. The topological polar surface area (TPSA) is 113 Å². The summed E-state index contributed by atoms with van der Waals surface area (Å²) in [7, 11) is 3.62. The number of rotatable bonds is 7. The first kappa shape index (κ1) is 26.6. The first-order valence-corrected chi connectivity index (χ1v) is 13.8. The number of aliphatic hydroxyl groups is 1. The molecule has 3 heterocycles. The molecular formula is C29H37NO9. The highest BCUT2D eigenvalue weighted by atomic mass is 16.8. The van der Waals surface area contributed by atoms with Gasteiger partial charge in [-0.25, -0.2) is 9.59 Å². The van der Waals surface area contributed by atoms with Gasteiger partial charge in [0.05, 0.1) is 24.7 Å². The fourth-order valence-corrected chi connectivity index (χ4v) is 7.27. The van der Waals surface area contributed by atoms with Crippen LogP contribution in [0.1, 0.15) is 57.6 Å². The number of carbonyl (C=O) groups excluding carboxylic acids is 2. The van der Waals surface area contributed by atoms with Crippen LogP contribution in [0.15, 0.2) is 24.0 Å².